The van der Waals surface area contributed by atoms with Crippen LogP contribution in [0.15, 0.2) is 72.8 Å². The molecule has 0 radical (unpaired) electrons. The largest absolute Gasteiger partial charge is 0.351 e. The van der Waals surface area contributed by atoms with Crippen LogP contribution < -0.4 is 5.32 Å². The Balaban J connectivity index is 1.23. The first-order chi connectivity index (χ1) is 14.7. The SMILES string of the molecule is O=C(NC1CCN(CCc2ccc(F)cc2)C1)C1c2ccccc2-c2ccccc21. The van der Waals surface area contributed by atoms with Gasteiger partial charge in [-0.2, -0.15) is 0 Å². The van der Waals surface area contributed by atoms with E-state index in [1.54, 1.807) is 0 Å². The van der Waals surface area contributed by atoms with Gasteiger partial charge in [-0.1, -0.05) is 60.7 Å². The minimum absolute atomic E-state index is 0.0952. The number of nitrogens with one attached hydrogen (secondary N) is 1. The molecule has 1 aliphatic carbocycles. The normalized spacial score (nSPS) is 18.2. The molecule has 3 aromatic rings. The number of carbonyl (C=O) groups excluding carboxylic acids is 1. The van der Waals surface area contributed by atoms with Gasteiger partial charge in [0, 0.05) is 25.7 Å². The van der Waals surface area contributed by atoms with E-state index in [1.165, 1.54) is 23.3 Å². The highest BCUT2D eigenvalue weighted by molar-refractivity contribution is 5.96. The number of halogens is 1. The van der Waals surface area contributed by atoms with Crippen molar-refractivity contribution in [3.8, 4) is 11.1 Å². The van der Waals surface area contributed by atoms with Crippen molar-refractivity contribution in [1.82, 2.24) is 10.2 Å². The topological polar surface area (TPSA) is 32.3 Å². The highest BCUT2D eigenvalue weighted by Gasteiger charge is 2.35. The van der Waals surface area contributed by atoms with Gasteiger partial charge in [0.15, 0.2) is 0 Å². The number of hydrogen-bond acceptors (Lipinski definition) is 2. The molecule has 1 unspecified atom stereocenters. The van der Waals surface area contributed by atoms with Crippen LogP contribution in [0.4, 0.5) is 4.39 Å². The first-order valence-electron chi connectivity index (χ1n) is 10.6. The van der Waals surface area contributed by atoms with Gasteiger partial charge in [0.2, 0.25) is 5.91 Å². The van der Waals surface area contributed by atoms with Gasteiger partial charge in [-0.15, -0.1) is 0 Å². The van der Waals surface area contributed by atoms with Crippen molar-refractivity contribution in [3.63, 3.8) is 0 Å². The second kappa shape index (κ2) is 8.04. The smallest absolute Gasteiger partial charge is 0.232 e. The van der Waals surface area contributed by atoms with Gasteiger partial charge in [0.25, 0.3) is 0 Å². The Labute approximate surface area is 176 Å². The first-order valence-corrected chi connectivity index (χ1v) is 10.6. The van der Waals surface area contributed by atoms with Gasteiger partial charge in [0.1, 0.15) is 5.82 Å². The van der Waals surface area contributed by atoms with E-state index in [9.17, 15) is 9.18 Å². The number of amides is 1. The average Bonchev–Trinajstić information content (AvgIpc) is 3.35. The Hall–Kier alpha value is -2.98. The molecule has 0 bridgehead atoms. The third-order valence-corrected chi connectivity index (χ3v) is 6.34. The minimum Gasteiger partial charge on any atom is -0.351 e. The Morgan fingerprint density at radius 3 is 2.23 bits per heavy atom. The number of hydrogen-bond donors (Lipinski definition) is 1. The summed E-state index contributed by atoms with van der Waals surface area (Å²) in [6.45, 7) is 2.76. The van der Waals surface area contributed by atoms with Crippen molar-refractivity contribution >= 4 is 5.91 Å². The maximum absolute atomic E-state index is 13.3. The Bertz CT molecular complexity index is 1020. The van der Waals surface area contributed by atoms with Crippen molar-refractivity contribution in [2.75, 3.05) is 19.6 Å². The molecule has 152 valence electrons. The fraction of sp³-hybridized carbons (Fsp3) is 0.269. The van der Waals surface area contributed by atoms with E-state index in [2.05, 4.69) is 34.5 Å². The van der Waals surface area contributed by atoms with Crippen molar-refractivity contribution in [1.29, 1.82) is 0 Å². The summed E-state index contributed by atoms with van der Waals surface area (Å²) < 4.78 is 13.1. The molecule has 3 nitrogen and oxygen atoms in total. The number of rotatable bonds is 5. The molecule has 0 saturated carbocycles. The van der Waals surface area contributed by atoms with Gasteiger partial charge < -0.3 is 10.2 Å². The van der Waals surface area contributed by atoms with Crippen LogP contribution in [-0.2, 0) is 11.2 Å². The van der Waals surface area contributed by atoms with Crippen LogP contribution in [0.5, 0.6) is 0 Å². The zero-order valence-electron chi connectivity index (χ0n) is 16.9. The maximum atomic E-state index is 13.3. The highest BCUT2D eigenvalue weighted by atomic mass is 19.1. The molecule has 3 aromatic carbocycles. The van der Waals surface area contributed by atoms with E-state index in [0.717, 1.165) is 49.2 Å². The Kier molecular flexibility index (Phi) is 5.09. The summed E-state index contributed by atoms with van der Waals surface area (Å²) >= 11 is 0. The Morgan fingerprint density at radius 1 is 0.933 bits per heavy atom. The Morgan fingerprint density at radius 2 is 1.57 bits per heavy atom. The van der Waals surface area contributed by atoms with Gasteiger partial charge in [-0.05, 0) is 52.8 Å². The second-order valence-corrected chi connectivity index (χ2v) is 8.28. The van der Waals surface area contributed by atoms with Crippen LogP contribution in [0.3, 0.4) is 0 Å². The predicted molar refractivity (Wildman–Crippen MR) is 117 cm³/mol. The number of likely N-dealkylation sites (tertiary alicyclic amines) is 1. The summed E-state index contributed by atoms with van der Waals surface area (Å²) in [6, 6.07) is 23.3. The van der Waals surface area contributed by atoms with Crippen molar-refractivity contribution in [2.24, 2.45) is 0 Å². The standard InChI is InChI=1S/C26H25FN2O/c27-19-11-9-18(10-12-19)13-15-29-16-14-20(17-29)28-26(30)25-23-7-3-1-5-21(23)22-6-2-4-8-24(22)25/h1-12,20,25H,13-17H2,(H,28,30). The summed E-state index contributed by atoms with van der Waals surface area (Å²) in [6.07, 6.45) is 1.86. The third kappa shape index (κ3) is 3.63. The second-order valence-electron chi connectivity index (χ2n) is 8.28. The molecular weight excluding hydrogens is 375 g/mol. The highest BCUT2D eigenvalue weighted by Crippen LogP contribution is 2.44. The van der Waals surface area contributed by atoms with Crippen LogP contribution in [0, 0.1) is 5.82 Å². The first kappa shape index (κ1) is 19.0. The predicted octanol–water partition coefficient (Wildman–Crippen LogP) is 4.37. The van der Waals surface area contributed by atoms with Crippen LogP contribution in [0.2, 0.25) is 0 Å². The van der Waals surface area contributed by atoms with Crippen LogP contribution in [-0.4, -0.2) is 36.5 Å². The monoisotopic (exact) mass is 400 g/mol. The fourth-order valence-corrected chi connectivity index (χ4v) is 4.81. The molecule has 1 amide bonds. The minimum atomic E-state index is -0.231. The summed E-state index contributed by atoms with van der Waals surface area (Å²) in [5, 5.41) is 3.31. The van der Waals surface area contributed by atoms with Crippen molar-refractivity contribution < 1.29 is 9.18 Å². The summed E-state index contributed by atoms with van der Waals surface area (Å²) in [7, 11) is 0. The molecule has 2 aliphatic rings. The summed E-state index contributed by atoms with van der Waals surface area (Å²) in [4.78, 5) is 15.7. The molecule has 1 N–H and O–H groups in total. The van der Waals surface area contributed by atoms with Gasteiger partial charge in [0.05, 0.1) is 5.92 Å². The van der Waals surface area contributed by atoms with Crippen molar-refractivity contribution in [3.05, 3.63) is 95.3 Å². The molecular formula is C26H25FN2O. The molecule has 0 aromatic heterocycles. The lowest BCUT2D eigenvalue weighted by Crippen LogP contribution is -2.40. The molecule has 1 aliphatic heterocycles. The third-order valence-electron chi connectivity index (χ3n) is 6.34. The summed E-state index contributed by atoms with van der Waals surface area (Å²) in [5.41, 5.74) is 5.67. The number of nitrogens with zero attached hydrogens (tertiary/aromatic N) is 1. The van der Waals surface area contributed by atoms with Crippen LogP contribution in [0.25, 0.3) is 11.1 Å². The van der Waals surface area contributed by atoms with E-state index in [0.29, 0.717) is 0 Å². The molecule has 1 fully saturated rings. The number of benzene rings is 3. The van der Waals surface area contributed by atoms with Crippen molar-refractivity contribution in [2.45, 2.75) is 24.8 Å². The maximum Gasteiger partial charge on any atom is 0.232 e. The lowest BCUT2D eigenvalue weighted by molar-refractivity contribution is -0.122. The van der Waals surface area contributed by atoms with Crippen LogP contribution >= 0.6 is 0 Å². The molecule has 4 heteroatoms. The van der Waals surface area contributed by atoms with E-state index in [-0.39, 0.29) is 23.7 Å². The molecule has 1 saturated heterocycles. The quantitative estimate of drug-likeness (QED) is 0.690. The van der Waals surface area contributed by atoms with Crippen LogP contribution in [0.1, 0.15) is 29.0 Å². The van der Waals surface area contributed by atoms with E-state index < -0.39 is 0 Å². The van der Waals surface area contributed by atoms with Gasteiger partial charge >= 0.3 is 0 Å². The fourth-order valence-electron chi connectivity index (χ4n) is 4.81. The molecule has 1 heterocycles. The molecule has 0 spiro atoms. The lowest BCUT2D eigenvalue weighted by atomic mass is 9.95. The van der Waals surface area contributed by atoms with E-state index in [1.807, 2.05) is 36.4 Å². The van der Waals surface area contributed by atoms with Gasteiger partial charge in [-0.25, -0.2) is 4.39 Å². The lowest BCUT2D eigenvalue weighted by Gasteiger charge is -2.19. The van der Waals surface area contributed by atoms with E-state index >= 15 is 0 Å². The van der Waals surface area contributed by atoms with Gasteiger partial charge in [-0.3, -0.25) is 4.79 Å². The van der Waals surface area contributed by atoms with E-state index in [4.69, 9.17) is 0 Å². The number of fused-ring (bicyclic) bond motifs is 3. The molecule has 30 heavy (non-hydrogen) atoms. The zero-order chi connectivity index (χ0) is 20.5. The average molecular weight is 400 g/mol. The molecule has 5 rings (SSSR count). The zero-order valence-corrected chi connectivity index (χ0v) is 16.9. The summed E-state index contributed by atoms with van der Waals surface area (Å²) in [5.74, 6) is -0.332. The molecule has 1 atom stereocenters. The number of carbonyl (C=O) groups is 1.